The minimum Gasteiger partial charge on any atom is -0.358 e. The number of hydrogen-bond donors (Lipinski definition) is 1. The number of carbonyl (C=O) groups is 1. The standard InChI is InChI=1S/C9H9F3N2O2/c1-5(15)13-7-4-6(16-14-7)8(2-3-8)9(10,11)12/h4H,2-3H2,1H3,(H,13,14,15). The first-order valence-electron chi connectivity index (χ1n) is 4.67. The van der Waals surface area contributed by atoms with Gasteiger partial charge in [0.05, 0.1) is 0 Å². The van der Waals surface area contributed by atoms with E-state index in [0.29, 0.717) is 0 Å². The molecule has 1 aliphatic carbocycles. The van der Waals surface area contributed by atoms with Crippen LogP contribution in [0.15, 0.2) is 10.6 Å². The molecule has 1 heterocycles. The van der Waals surface area contributed by atoms with Crippen LogP contribution in [0.3, 0.4) is 0 Å². The van der Waals surface area contributed by atoms with E-state index in [4.69, 9.17) is 0 Å². The van der Waals surface area contributed by atoms with Crippen LogP contribution in [0, 0.1) is 0 Å². The van der Waals surface area contributed by atoms with Gasteiger partial charge in [-0.1, -0.05) is 5.16 Å². The second kappa shape index (κ2) is 3.23. The summed E-state index contributed by atoms with van der Waals surface area (Å²) in [5.74, 6) is -0.626. The Labute approximate surface area is 88.8 Å². The Morgan fingerprint density at radius 1 is 1.56 bits per heavy atom. The molecule has 1 aromatic rings. The molecule has 1 amide bonds. The van der Waals surface area contributed by atoms with E-state index in [1.807, 2.05) is 0 Å². The minimum atomic E-state index is -4.33. The first-order chi connectivity index (χ1) is 7.35. The quantitative estimate of drug-likeness (QED) is 0.853. The largest absolute Gasteiger partial charge is 0.401 e. The maximum atomic E-state index is 12.7. The third kappa shape index (κ3) is 1.66. The van der Waals surface area contributed by atoms with Gasteiger partial charge in [0.15, 0.2) is 11.6 Å². The molecule has 0 aliphatic heterocycles. The van der Waals surface area contributed by atoms with Gasteiger partial charge in [-0.15, -0.1) is 0 Å². The second-order valence-corrected chi connectivity index (χ2v) is 3.84. The van der Waals surface area contributed by atoms with Gasteiger partial charge in [-0.3, -0.25) is 4.79 Å². The van der Waals surface area contributed by atoms with Crippen molar-refractivity contribution in [2.45, 2.75) is 31.4 Å². The van der Waals surface area contributed by atoms with Crippen molar-refractivity contribution in [3.8, 4) is 0 Å². The molecule has 4 nitrogen and oxygen atoms in total. The monoisotopic (exact) mass is 234 g/mol. The van der Waals surface area contributed by atoms with Crippen molar-refractivity contribution in [3.05, 3.63) is 11.8 Å². The average molecular weight is 234 g/mol. The van der Waals surface area contributed by atoms with Crippen molar-refractivity contribution in [1.29, 1.82) is 0 Å². The van der Waals surface area contributed by atoms with Crippen LogP contribution in [0.2, 0.25) is 0 Å². The lowest BCUT2D eigenvalue weighted by Crippen LogP contribution is -2.28. The molecule has 0 aromatic carbocycles. The summed E-state index contributed by atoms with van der Waals surface area (Å²) in [6.45, 7) is 1.24. The number of nitrogens with zero attached hydrogens (tertiary/aromatic N) is 1. The summed E-state index contributed by atoms with van der Waals surface area (Å²) in [5, 5.41) is 5.63. The fourth-order valence-electron chi connectivity index (χ4n) is 1.53. The van der Waals surface area contributed by atoms with Gasteiger partial charge in [0.1, 0.15) is 5.41 Å². The molecule has 1 aliphatic rings. The van der Waals surface area contributed by atoms with Crippen molar-refractivity contribution < 1.29 is 22.5 Å². The number of rotatable bonds is 2. The lowest BCUT2D eigenvalue weighted by atomic mass is 10.0. The number of carbonyl (C=O) groups excluding carboxylic acids is 1. The molecule has 0 radical (unpaired) electrons. The van der Waals surface area contributed by atoms with Gasteiger partial charge in [-0.2, -0.15) is 13.2 Å². The number of nitrogens with one attached hydrogen (secondary N) is 1. The summed E-state index contributed by atoms with van der Waals surface area (Å²) in [5.41, 5.74) is -1.89. The second-order valence-electron chi connectivity index (χ2n) is 3.84. The van der Waals surface area contributed by atoms with Crippen LogP contribution in [0.25, 0.3) is 0 Å². The van der Waals surface area contributed by atoms with E-state index in [2.05, 4.69) is 15.0 Å². The van der Waals surface area contributed by atoms with Crippen LogP contribution in [-0.4, -0.2) is 17.2 Å². The summed E-state index contributed by atoms with van der Waals surface area (Å²) in [4.78, 5) is 10.7. The average Bonchev–Trinajstić information content (AvgIpc) is 2.82. The molecular weight excluding hydrogens is 225 g/mol. The predicted molar refractivity (Wildman–Crippen MR) is 47.8 cm³/mol. The first kappa shape index (κ1) is 11.0. The molecule has 0 spiro atoms. The summed E-state index contributed by atoms with van der Waals surface area (Å²) >= 11 is 0. The van der Waals surface area contributed by atoms with Crippen LogP contribution in [0.5, 0.6) is 0 Å². The van der Waals surface area contributed by atoms with Gasteiger partial charge in [0, 0.05) is 13.0 Å². The molecule has 0 unspecified atom stereocenters. The molecule has 0 atom stereocenters. The van der Waals surface area contributed by atoms with E-state index in [1.54, 1.807) is 0 Å². The summed E-state index contributed by atoms with van der Waals surface area (Å²) < 4.78 is 42.7. The topological polar surface area (TPSA) is 55.1 Å². The highest BCUT2D eigenvalue weighted by molar-refractivity contribution is 5.87. The van der Waals surface area contributed by atoms with Crippen molar-refractivity contribution >= 4 is 11.7 Å². The Morgan fingerprint density at radius 2 is 2.19 bits per heavy atom. The fourth-order valence-corrected chi connectivity index (χ4v) is 1.53. The summed E-state index contributed by atoms with van der Waals surface area (Å²) in [6.07, 6.45) is -4.32. The molecule has 88 valence electrons. The molecule has 1 saturated carbocycles. The zero-order chi connectivity index (χ0) is 12.0. The van der Waals surface area contributed by atoms with Crippen LogP contribution in [0.4, 0.5) is 19.0 Å². The zero-order valence-corrected chi connectivity index (χ0v) is 8.39. The number of amides is 1. The van der Waals surface area contributed by atoms with Crippen molar-refractivity contribution in [1.82, 2.24) is 5.16 Å². The minimum absolute atomic E-state index is 0.00516. The smallest absolute Gasteiger partial charge is 0.358 e. The molecule has 0 bridgehead atoms. The molecular formula is C9H9F3N2O2. The zero-order valence-electron chi connectivity index (χ0n) is 8.39. The van der Waals surface area contributed by atoms with E-state index in [-0.39, 0.29) is 24.4 Å². The molecule has 16 heavy (non-hydrogen) atoms. The molecule has 1 fully saturated rings. The van der Waals surface area contributed by atoms with Crippen LogP contribution < -0.4 is 5.32 Å². The SMILES string of the molecule is CC(=O)Nc1cc(C2(C(F)(F)F)CC2)on1. The van der Waals surface area contributed by atoms with Gasteiger partial charge >= 0.3 is 6.18 Å². The molecule has 2 rings (SSSR count). The molecule has 1 N–H and O–H groups in total. The third-order valence-electron chi connectivity index (χ3n) is 2.58. The van der Waals surface area contributed by atoms with E-state index in [9.17, 15) is 18.0 Å². The summed E-state index contributed by atoms with van der Waals surface area (Å²) in [6, 6.07) is 1.13. The van der Waals surface area contributed by atoms with E-state index in [1.165, 1.54) is 6.92 Å². The highest BCUT2D eigenvalue weighted by atomic mass is 19.4. The number of anilines is 1. The Bertz CT molecular complexity index is 421. The number of halogens is 3. The highest BCUT2D eigenvalue weighted by Crippen LogP contribution is 2.59. The van der Waals surface area contributed by atoms with Crippen molar-refractivity contribution in [3.63, 3.8) is 0 Å². The third-order valence-corrected chi connectivity index (χ3v) is 2.58. The van der Waals surface area contributed by atoms with Crippen molar-refractivity contribution in [2.75, 3.05) is 5.32 Å². The molecule has 1 aromatic heterocycles. The van der Waals surface area contributed by atoms with Crippen molar-refractivity contribution in [2.24, 2.45) is 0 Å². The van der Waals surface area contributed by atoms with Gasteiger partial charge in [0.25, 0.3) is 0 Å². The van der Waals surface area contributed by atoms with Gasteiger partial charge < -0.3 is 9.84 Å². The Kier molecular flexibility index (Phi) is 2.21. The van der Waals surface area contributed by atoms with E-state index in [0.717, 1.165) is 6.07 Å². The number of hydrogen-bond acceptors (Lipinski definition) is 3. The Morgan fingerprint density at radius 3 is 2.62 bits per heavy atom. The number of alkyl halides is 3. The normalized spacial score (nSPS) is 18.2. The van der Waals surface area contributed by atoms with Gasteiger partial charge in [0.2, 0.25) is 5.91 Å². The first-order valence-corrected chi connectivity index (χ1v) is 4.67. The van der Waals surface area contributed by atoms with Crippen LogP contribution >= 0.6 is 0 Å². The Hall–Kier alpha value is -1.53. The summed E-state index contributed by atoms with van der Waals surface area (Å²) in [7, 11) is 0. The fraction of sp³-hybridized carbons (Fsp3) is 0.556. The molecule has 7 heteroatoms. The van der Waals surface area contributed by atoms with Crippen LogP contribution in [0.1, 0.15) is 25.5 Å². The highest BCUT2D eigenvalue weighted by Gasteiger charge is 2.66. The number of aromatic nitrogens is 1. The van der Waals surface area contributed by atoms with Gasteiger partial charge in [-0.05, 0) is 12.8 Å². The Balaban J connectivity index is 2.23. The maximum Gasteiger partial charge on any atom is 0.401 e. The van der Waals surface area contributed by atoms with E-state index < -0.39 is 17.5 Å². The van der Waals surface area contributed by atoms with Gasteiger partial charge in [-0.25, -0.2) is 0 Å². The maximum absolute atomic E-state index is 12.7. The predicted octanol–water partition coefficient (Wildman–Crippen LogP) is 2.23. The lowest BCUT2D eigenvalue weighted by molar-refractivity contribution is -0.165. The lowest BCUT2D eigenvalue weighted by Gasteiger charge is -2.14. The van der Waals surface area contributed by atoms with Crippen LogP contribution in [-0.2, 0) is 10.2 Å². The van der Waals surface area contributed by atoms with E-state index >= 15 is 0 Å². The molecule has 0 saturated heterocycles.